The summed E-state index contributed by atoms with van der Waals surface area (Å²) < 4.78 is 0. The molecule has 0 unspecified atom stereocenters. The Balaban J connectivity index is 2.44. The maximum absolute atomic E-state index is 3.55. The van der Waals surface area contributed by atoms with Crippen LogP contribution in [0.25, 0.3) is 22.6 Å². The van der Waals surface area contributed by atoms with Gasteiger partial charge in [0.2, 0.25) is 0 Å². The van der Waals surface area contributed by atoms with Gasteiger partial charge in [0.05, 0.1) is 0 Å². The summed E-state index contributed by atoms with van der Waals surface area (Å²) >= 11 is 0. The maximum atomic E-state index is 3.55. The molecule has 0 radical (unpaired) electrons. The summed E-state index contributed by atoms with van der Waals surface area (Å²) in [5.41, 5.74) is 3.74. The van der Waals surface area contributed by atoms with Gasteiger partial charge in [0.1, 0.15) is 0 Å². The van der Waals surface area contributed by atoms with Crippen LogP contribution in [0.15, 0.2) is 54.6 Å². The van der Waals surface area contributed by atoms with Gasteiger partial charge in [-0.3, -0.25) is 0 Å². The van der Waals surface area contributed by atoms with Gasteiger partial charge < -0.3 is 4.98 Å². The van der Waals surface area contributed by atoms with Crippen molar-refractivity contribution >= 4 is 22.6 Å². The summed E-state index contributed by atoms with van der Waals surface area (Å²) in [5, 5.41) is 3.79. The van der Waals surface area contributed by atoms with E-state index in [1.54, 1.807) is 0 Å². The van der Waals surface area contributed by atoms with Crippen LogP contribution in [0.2, 0.25) is 0 Å². The van der Waals surface area contributed by atoms with Crippen molar-refractivity contribution in [3.05, 3.63) is 70.7 Å². The molecule has 0 atom stereocenters. The Morgan fingerprint density at radius 1 is 0.947 bits per heavy atom. The van der Waals surface area contributed by atoms with Gasteiger partial charge in [0, 0.05) is 21.5 Å². The zero-order valence-electron chi connectivity index (χ0n) is 11.3. The lowest BCUT2D eigenvalue weighted by molar-refractivity contribution is 1.31. The van der Waals surface area contributed by atoms with E-state index in [1.165, 1.54) is 32.6 Å². The molecule has 3 aromatic rings. The number of H-pyrrole nitrogens is 1. The van der Waals surface area contributed by atoms with E-state index in [0.717, 1.165) is 0 Å². The number of rotatable bonds is 1. The third-order valence-electron chi connectivity index (χ3n) is 3.62. The van der Waals surface area contributed by atoms with Gasteiger partial charge in [-0.05, 0) is 31.1 Å². The Morgan fingerprint density at radius 2 is 1.63 bits per heavy atom. The fourth-order valence-electron chi connectivity index (χ4n) is 2.59. The Labute approximate surface area is 112 Å². The summed E-state index contributed by atoms with van der Waals surface area (Å²) in [6.45, 7) is 4.27. The minimum atomic E-state index is 1.20. The molecule has 1 heteroatoms. The number of aromatic nitrogens is 1. The zero-order chi connectivity index (χ0) is 13.2. The summed E-state index contributed by atoms with van der Waals surface area (Å²) in [6.07, 6.45) is 2.18. The first-order valence-corrected chi connectivity index (χ1v) is 6.60. The molecule has 3 rings (SSSR count). The minimum Gasteiger partial charge on any atom is -0.354 e. The molecule has 0 spiro atoms. The van der Waals surface area contributed by atoms with E-state index in [9.17, 15) is 0 Å². The van der Waals surface area contributed by atoms with Crippen LogP contribution in [0.3, 0.4) is 0 Å². The highest BCUT2D eigenvalue weighted by Gasteiger charge is 2.02. The fraction of sp³-hybridized carbons (Fsp3) is 0.111. The zero-order valence-corrected chi connectivity index (χ0v) is 11.3. The van der Waals surface area contributed by atoms with E-state index >= 15 is 0 Å². The minimum absolute atomic E-state index is 1.20. The first-order chi connectivity index (χ1) is 9.31. The molecule has 1 N–H and O–H groups in total. The lowest BCUT2D eigenvalue weighted by Gasteiger charge is -1.99. The molecule has 0 saturated carbocycles. The molecule has 2 aromatic carbocycles. The van der Waals surface area contributed by atoms with Crippen molar-refractivity contribution in [2.45, 2.75) is 13.8 Å². The number of fused-ring (bicyclic) bond motifs is 1. The van der Waals surface area contributed by atoms with Crippen LogP contribution < -0.4 is 10.6 Å². The third kappa shape index (κ3) is 1.97. The summed E-state index contributed by atoms with van der Waals surface area (Å²) in [4.78, 5) is 3.55. The molecule has 0 saturated heterocycles. The Kier molecular flexibility index (Phi) is 2.96. The van der Waals surface area contributed by atoms with Crippen molar-refractivity contribution in [2.75, 3.05) is 0 Å². The van der Waals surface area contributed by atoms with Gasteiger partial charge in [-0.2, -0.15) is 0 Å². The van der Waals surface area contributed by atoms with Crippen molar-refractivity contribution in [3.63, 3.8) is 0 Å². The highest BCUT2D eigenvalue weighted by Crippen LogP contribution is 2.10. The van der Waals surface area contributed by atoms with Gasteiger partial charge >= 0.3 is 0 Å². The first kappa shape index (κ1) is 11.8. The molecule has 19 heavy (non-hydrogen) atoms. The summed E-state index contributed by atoms with van der Waals surface area (Å²) in [6, 6.07) is 19.0. The molecular formula is C18H17N. The molecule has 0 fully saturated rings. The molecule has 1 heterocycles. The van der Waals surface area contributed by atoms with Crippen LogP contribution in [0.1, 0.15) is 19.4 Å². The van der Waals surface area contributed by atoms with Crippen molar-refractivity contribution in [3.8, 4) is 0 Å². The Morgan fingerprint density at radius 3 is 2.37 bits per heavy atom. The van der Waals surface area contributed by atoms with Crippen molar-refractivity contribution in [1.82, 2.24) is 4.98 Å². The van der Waals surface area contributed by atoms with Crippen LogP contribution >= 0.6 is 0 Å². The van der Waals surface area contributed by atoms with Gasteiger partial charge in [0.15, 0.2) is 0 Å². The highest BCUT2D eigenvalue weighted by atomic mass is 14.7. The van der Waals surface area contributed by atoms with E-state index in [2.05, 4.69) is 79.5 Å². The topological polar surface area (TPSA) is 15.8 Å². The smallest absolute Gasteiger partial charge is 0.0497 e. The van der Waals surface area contributed by atoms with Gasteiger partial charge in [-0.1, -0.05) is 54.6 Å². The summed E-state index contributed by atoms with van der Waals surface area (Å²) in [5.74, 6) is 0. The quantitative estimate of drug-likeness (QED) is 0.680. The Bertz CT molecular complexity index is 823. The lowest BCUT2D eigenvalue weighted by atomic mass is 10.1. The molecule has 1 aromatic heterocycles. The van der Waals surface area contributed by atoms with Gasteiger partial charge in [0.25, 0.3) is 0 Å². The monoisotopic (exact) mass is 247 g/mol. The number of hydrogen-bond donors (Lipinski definition) is 1. The van der Waals surface area contributed by atoms with Gasteiger partial charge in [-0.15, -0.1) is 0 Å². The second kappa shape index (κ2) is 4.77. The summed E-state index contributed by atoms with van der Waals surface area (Å²) in [7, 11) is 0. The average molecular weight is 247 g/mol. The van der Waals surface area contributed by atoms with Crippen molar-refractivity contribution in [2.24, 2.45) is 0 Å². The van der Waals surface area contributed by atoms with E-state index in [1.807, 2.05) is 0 Å². The first-order valence-electron chi connectivity index (χ1n) is 6.60. The molecule has 0 aliphatic rings. The van der Waals surface area contributed by atoms with E-state index in [-0.39, 0.29) is 0 Å². The predicted octanol–water partition coefficient (Wildman–Crippen LogP) is 3.19. The van der Waals surface area contributed by atoms with Gasteiger partial charge in [-0.25, -0.2) is 0 Å². The number of para-hydroxylation sites is 1. The van der Waals surface area contributed by atoms with Crippen LogP contribution in [0.4, 0.5) is 0 Å². The number of nitrogens with one attached hydrogen (secondary N) is 1. The molecule has 1 nitrogen and oxygen atoms in total. The van der Waals surface area contributed by atoms with Crippen molar-refractivity contribution in [1.29, 1.82) is 0 Å². The normalized spacial score (nSPS) is 13.9. The Hall–Kier alpha value is -2.28. The highest BCUT2D eigenvalue weighted by molar-refractivity contribution is 5.82. The average Bonchev–Trinajstić information content (AvgIpc) is 2.85. The molecule has 0 aliphatic heterocycles. The van der Waals surface area contributed by atoms with E-state index < -0.39 is 0 Å². The number of benzene rings is 2. The third-order valence-corrected chi connectivity index (χ3v) is 3.62. The molecule has 0 aliphatic carbocycles. The maximum Gasteiger partial charge on any atom is 0.0497 e. The largest absolute Gasteiger partial charge is 0.354 e. The molecular weight excluding hydrogens is 230 g/mol. The molecule has 0 bridgehead atoms. The lowest BCUT2D eigenvalue weighted by Crippen LogP contribution is -2.25. The van der Waals surface area contributed by atoms with Crippen LogP contribution in [-0.4, -0.2) is 4.98 Å². The van der Waals surface area contributed by atoms with E-state index in [0.29, 0.717) is 0 Å². The molecule has 0 amide bonds. The second-order valence-electron chi connectivity index (χ2n) is 4.74. The second-order valence-corrected chi connectivity index (χ2v) is 4.74. The standard InChI is InChI=1S/C18H17N/c1-3-15-16-11-7-8-12-17(16)19-18(15)13(2)14-9-5-4-6-10-14/h3-12,19H,1-2H3/b15-3-,18-13-. The molecule has 94 valence electrons. The SMILES string of the molecule is C/C=c1\c(=C(/C)c2ccccc2)[nH]c2ccccc12. The number of hydrogen-bond acceptors (Lipinski definition) is 0. The number of aromatic amines is 1. The predicted molar refractivity (Wildman–Crippen MR) is 82.3 cm³/mol. The van der Waals surface area contributed by atoms with Crippen LogP contribution in [0.5, 0.6) is 0 Å². The van der Waals surface area contributed by atoms with Crippen molar-refractivity contribution < 1.29 is 0 Å². The fourth-order valence-corrected chi connectivity index (χ4v) is 2.59. The van der Waals surface area contributed by atoms with Crippen LogP contribution in [-0.2, 0) is 0 Å². The van der Waals surface area contributed by atoms with Crippen LogP contribution in [0, 0.1) is 0 Å². The van der Waals surface area contributed by atoms with E-state index in [4.69, 9.17) is 0 Å².